The number of hydrogen-bond acceptors (Lipinski definition) is 3. The highest BCUT2D eigenvalue weighted by Gasteiger charge is 2.28. The van der Waals surface area contributed by atoms with E-state index in [1.54, 1.807) is 39.0 Å². The third kappa shape index (κ3) is 6.03. The van der Waals surface area contributed by atoms with Crippen molar-refractivity contribution < 1.29 is 14.6 Å². The Hall–Kier alpha value is -0.970. The smallest absolute Gasteiger partial charge is 0.407 e. The highest BCUT2D eigenvalue weighted by Crippen LogP contribution is 2.31. The first-order valence-electron chi connectivity index (χ1n) is 7.07. The van der Waals surface area contributed by atoms with Gasteiger partial charge >= 0.3 is 6.09 Å². The zero-order valence-electron chi connectivity index (χ0n) is 13.4. The molecule has 1 aromatic carbocycles. The van der Waals surface area contributed by atoms with Gasteiger partial charge in [-0.05, 0) is 44.9 Å². The molecule has 0 bridgehead atoms. The zero-order valence-corrected chi connectivity index (χ0v) is 14.9. The number of carbonyl (C=O) groups is 1. The Labute approximate surface area is 141 Å². The van der Waals surface area contributed by atoms with Gasteiger partial charge in [-0.2, -0.15) is 0 Å². The molecule has 0 aliphatic rings. The molecule has 0 aliphatic heterocycles. The summed E-state index contributed by atoms with van der Waals surface area (Å²) in [5.41, 5.74) is -0.398. The van der Waals surface area contributed by atoms with E-state index >= 15 is 0 Å². The van der Waals surface area contributed by atoms with Gasteiger partial charge in [-0.1, -0.05) is 36.2 Å². The largest absolute Gasteiger partial charge is 0.444 e. The molecule has 2 N–H and O–H groups in total. The van der Waals surface area contributed by atoms with Crippen LogP contribution in [-0.4, -0.2) is 30.0 Å². The number of ether oxygens (including phenoxy) is 1. The molecule has 1 rings (SSSR count). The topological polar surface area (TPSA) is 58.6 Å². The molecule has 1 atom stereocenters. The van der Waals surface area contributed by atoms with Crippen molar-refractivity contribution in [2.45, 2.75) is 39.7 Å². The number of alkyl carbamates (subject to hydrolysis) is 1. The first kappa shape index (κ1) is 19.1. The lowest BCUT2D eigenvalue weighted by molar-refractivity contribution is 0.0478. The first-order valence-corrected chi connectivity index (χ1v) is 7.82. The maximum atomic E-state index is 11.7. The number of aliphatic hydroxyl groups is 1. The first-order chi connectivity index (χ1) is 10.1. The normalized spacial score (nSPS) is 14.3. The average Bonchev–Trinajstić information content (AvgIpc) is 2.39. The number of amides is 1. The molecule has 0 fully saturated rings. The van der Waals surface area contributed by atoms with Crippen LogP contribution < -0.4 is 5.32 Å². The summed E-state index contributed by atoms with van der Waals surface area (Å²) in [6.45, 7) is 7.36. The van der Waals surface area contributed by atoms with Gasteiger partial charge in [0.05, 0.1) is 6.61 Å². The van der Waals surface area contributed by atoms with Gasteiger partial charge in [-0.3, -0.25) is 0 Å². The van der Waals surface area contributed by atoms with Crippen LogP contribution in [0.1, 0.15) is 33.3 Å². The SMILES string of the molecule is CC(CO)(CNC(=O)OC(C)(C)C)Cc1c(Cl)cccc1Cl. The van der Waals surface area contributed by atoms with Crippen LogP contribution in [0.3, 0.4) is 0 Å². The van der Waals surface area contributed by atoms with E-state index in [0.717, 1.165) is 5.56 Å². The summed E-state index contributed by atoms with van der Waals surface area (Å²) in [5.74, 6) is 0. The molecule has 0 saturated carbocycles. The van der Waals surface area contributed by atoms with Crippen molar-refractivity contribution in [2.24, 2.45) is 5.41 Å². The molecule has 0 aromatic heterocycles. The van der Waals surface area contributed by atoms with Crippen molar-refractivity contribution in [2.75, 3.05) is 13.2 Å². The van der Waals surface area contributed by atoms with Crippen LogP contribution in [0, 0.1) is 5.41 Å². The highest BCUT2D eigenvalue weighted by atomic mass is 35.5. The second-order valence-electron chi connectivity index (χ2n) is 6.70. The minimum atomic E-state index is -0.592. The molecule has 0 spiro atoms. The molecule has 124 valence electrons. The molecule has 22 heavy (non-hydrogen) atoms. The Bertz CT molecular complexity index is 508. The number of hydrogen-bond donors (Lipinski definition) is 2. The number of nitrogens with one attached hydrogen (secondary N) is 1. The minimum absolute atomic E-state index is 0.121. The van der Waals surface area contributed by atoms with E-state index < -0.39 is 17.1 Å². The molecule has 0 radical (unpaired) electrons. The summed E-state index contributed by atoms with van der Waals surface area (Å²) in [7, 11) is 0. The number of carbonyl (C=O) groups excluding carboxylic acids is 1. The lowest BCUT2D eigenvalue weighted by Crippen LogP contribution is -2.41. The Morgan fingerprint density at radius 1 is 1.23 bits per heavy atom. The van der Waals surface area contributed by atoms with Gasteiger partial charge in [0.25, 0.3) is 0 Å². The van der Waals surface area contributed by atoms with E-state index in [2.05, 4.69) is 5.32 Å². The van der Waals surface area contributed by atoms with Crippen molar-refractivity contribution in [3.63, 3.8) is 0 Å². The number of benzene rings is 1. The molecular weight excluding hydrogens is 325 g/mol. The van der Waals surface area contributed by atoms with Gasteiger partial charge in [0, 0.05) is 22.0 Å². The monoisotopic (exact) mass is 347 g/mol. The van der Waals surface area contributed by atoms with E-state index in [4.69, 9.17) is 27.9 Å². The van der Waals surface area contributed by atoms with Gasteiger partial charge in [-0.25, -0.2) is 4.79 Å². The molecule has 4 nitrogen and oxygen atoms in total. The predicted octanol–water partition coefficient (Wildman–Crippen LogP) is 4.06. The Balaban J connectivity index is 2.74. The maximum absolute atomic E-state index is 11.7. The summed E-state index contributed by atoms with van der Waals surface area (Å²) in [6, 6.07) is 5.27. The molecule has 1 unspecified atom stereocenters. The number of rotatable bonds is 5. The fraction of sp³-hybridized carbons (Fsp3) is 0.562. The van der Waals surface area contributed by atoms with Crippen molar-refractivity contribution in [1.82, 2.24) is 5.32 Å². The molecule has 0 aliphatic carbocycles. The Kier molecular flexibility index (Phi) is 6.53. The fourth-order valence-corrected chi connectivity index (χ4v) is 2.43. The van der Waals surface area contributed by atoms with Crippen LogP contribution in [0.25, 0.3) is 0 Å². The third-order valence-corrected chi connectivity index (χ3v) is 3.81. The summed E-state index contributed by atoms with van der Waals surface area (Å²) in [5, 5.41) is 13.5. The van der Waals surface area contributed by atoms with Crippen LogP contribution >= 0.6 is 23.2 Å². The molecule has 0 saturated heterocycles. The molecule has 1 aromatic rings. The van der Waals surface area contributed by atoms with Crippen molar-refractivity contribution in [3.05, 3.63) is 33.8 Å². The van der Waals surface area contributed by atoms with E-state index in [1.807, 2.05) is 6.92 Å². The lowest BCUT2D eigenvalue weighted by atomic mass is 9.84. The van der Waals surface area contributed by atoms with E-state index in [-0.39, 0.29) is 13.2 Å². The maximum Gasteiger partial charge on any atom is 0.407 e. The summed E-state index contributed by atoms with van der Waals surface area (Å²) < 4.78 is 5.19. The van der Waals surface area contributed by atoms with Crippen LogP contribution in [-0.2, 0) is 11.2 Å². The second kappa shape index (κ2) is 7.53. The standard InChI is InChI=1S/C16H23Cl2NO3/c1-15(2,3)22-14(21)19-9-16(4,10-20)8-11-12(17)6-5-7-13(11)18/h5-7,20H,8-10H2,1-4H3,(H,19,21). The van der Waals surface area contributed by atoms with Crippen LogP contribution in [0.15, 0.2) is 18.2 Å². The molecule has 0 heterocycles. The Morgan fingerprint density at radius 3 is 2.23 bits per heavy atom. The lowest BCUT2D eigenvalue weighted by Gasteiger charge is -2.29. The third-order valence-electron chi connectivity index (χ3n) is 3.11. The number of aliphatic hydroxyl groups excluding tert-OH is 1. The predicted molar refractivity (Wildman–Crippen MR) is 89.6 cm³/mol. The summed E-state index contributed by atoms with van der Waals surface area (Å²) >= 11 is 12.3. The Morgan fingerprint density at radius 2 is 1.77 bits per heavy atom. The van der Waals surface area contributed by atoms with E-state index in [0.29, 0.717) is 16.5 Å². The van der Waals surface area contributed by atoms with Gasteiger partial charge < -0.3 is 15.2 Å². The van der Waals surface area contributed by atoms with E-state index in [9.17, 15) is 9.90 Å². The zero-order chi connectivity index (χ0) is 17.0. The van der Waals surface area contributed by atoms with Crippen molar-refractivity contribution in [1.29, 1.82) is 0 Å². The molecular formula is C16H23Cl2NO3. The summed E-state index contributed by atoms with van der Waals surface area (Å²) in [6.07, 6.45) is -0.0740. The van der Waals surface area contributed by atoms with Crippen LogP contribution in [0.2, 0.25) is 10.0 Å². The van der Waals surface area contributed by atoms with Gasteiger partial charge in [0.15, 0.2) is 0 Å². The van der Waals surface area contributed by atoms with Gasteiger partial charge in [0.2, 0.25) is 0 Å². The van der Waals surface area contributed by atoms with Gasteiger partial charge in [0.1, 0.15) is 5.60 Å². The minimum Gasteiger partial charge on any atom is -0.444 e. The van der Waals surface area contributed by atoms with Gasteiger partial charge in [-0.15, -0.1) is 0 Å². The quantitative estimate of drug-likeness (QED) is 0.844. The number of halogens is 2. The van der Waals surface area contributed by atoms with Crippen LogP contribution in [0.4, 0.5) is 4.79 Å². The average molecular weight is 348 g/mol. The van der Waals surface area contributed by atoms with Crippen molar-refractivity contribution in [3.8, 4) is 0 Å². The highest BCUT2D eigenvalue weighted by molar-refractivity contribution is 6.36. The summed E-state index contributed by atoms with van der Waals surface area (Å²) in [4.78, 5) is 11.7. The van der Waals surface area contributed by atoms with E-state index in [1.165, 1.54) is 0 Å². The van der Waals surface area contributed by atoms with Crippen molar-refractivity contribution >= 4 is 29.3 Å². The van der Waals surface area contributed by atoms with Crippen LogP contribution in [0.5, 0.6) is 0 Å². The molecule has 6 heteroatoms. The second-order valence-corrected chi connectivity index (χ2v) is 7.52. The molecule has 1 amide bonds. The fourth-order valence-electron chi connectivity index (χ4n) is 1.90.